The van der Waals surface area contributed by atoms with Crippen molar-refractivity contribution in [3.8, 4) is 0 Å². The molecule has 2 aliphatic heterocycles. The van der Waals surface area contributed by atoms with Gasteiger partial charge in [-0.2, -0.15) is 0 Å². The van der Waals surface area contributed by atoms with Gasteiger partial charge >= 0.3 is 0 Å². The molecule has 0 bridgehead atoms. The normalized spacial score (nSPS) is 16.9. The fraction of sp³-hybridized carbons (Fsp3) is 0.400. The number of rotatable bonds is 3. The van der Waals surface area contributed by atoms with E-state index in [0.717, 1.165) is 55.1 Å². The van der Waals surface area contributed by atoms with Crippen LogP contribution in [0.25, 0.3) is 0 Å². The summed E-state index contributed by atoms with van der Waals surface area (Å²) in [4.78, 5) is 36.7. The summed E-state index contributed by atoms with van der Waals surface area (Å²) in [7, 11) is 0. The van der Waals surface area contributed by atoms with Crippen LogP contribution in [0.4, 0.5) is 17.2 Å². The zero-order chi connectivity index (χ0) is 18.8. The van der Waals surface area contributed by atoms with Crippen LogP contribution in [0.5, 0.6) is 0 Å². The molecule has 7 nitrogen and oxygen atoms in total. The molecule has 0 atom stereocenters. The van der Waals surface area contributed by atoms with E-state index in [-0.39, 0.29) is 17.7 Å². The van der Waals surface area contributed by atoms with Crippen molar-refractivity contribution in [2.45, 2.75) is 26.2 Å². The van der Waals surface area contributed by atoms with Crippen LogP contribution in [-0.2, 0) is 16.0 Å². The number of nitrogens with one attached hydrogen (secondary N) is 1. The van der Waals surface area contributed by atoms with E-state index < -0.39 is 0 Å². The second-order valence-electron chi connectivity index (χ2n) is 7.08. The minimum Gasteiger partial charge on any atom is -0.355 e. The predicted molar refractivity (Wildman–Crippen MR) is 104 cm³/mol. The zero-order valence-corrected chi connectivity index (χ0v) is 15.4. The Morgan fingerprint density at radius 2 is 1.96 bits per heavy atom. The van der Waals surface area contributed by atoms with Gasteiger partial charge in [0.2, 0.25) is 11.8 Å². The van der Waals surface area contributed by atoms with Gasteiger partial charge in [-0.1, -0.05) is 0 Å². The summed E-state index contributed by atoms with van der Waals surface area (Å²) in [5.74, 6) is 0.987. The summed E-state index contributed by atoms with van der Waals surface area (Å²) in [6, 6.07) is 5.80. The van der Waals surface area contributed by atoms with Crippen molar-refractivity contribution in [1.29, 1.82) is 0 Å². The Kier molecular flexibility index (Phi) is 4.75. The second kappa shape index (κ2) is 7.34. The van der Waals surface area contributed by atoms with E-state index in [1.165, 1.54) is 0 Å². The molecule has 0 unspecified atom stereocenters. The van der Waals surface area contributed by atoms with Gasteiger partial charge in [0.15, 0.2) is 0 Å². The van der Waals surface area contributed by atoms with Gasteiger partial charge in [-0.05, 0) is 43.0 Å². The Balaban J connectivity index is 1.36. The number of fused-ring (bicyclic) bond motifs is 1. The molecule has 1 N–H and O–H groups in total. The molecular weight excluding hydrogens is 342 g/mol. The van der Waals surface area contributed by atoms with Crippen molar-refractivity contribution in [2.24, 2.45) is 5.92 Å². The summed E-state index contributed by atoms with van der Waals surface area (Å²) in [6.07, 6.45) is 7.53. The second-order valence-corrected chi connectivity index (χ2v) is 7.08. The minimum atomic E-state index is -0.0000981. The van der Waals surface area contributed by atoms with Crippen molar-refractivity contribution in [3.63, 3.8) is 0 Å². The first-order valence-corrected chi connectivity index (χ1v) is 9.34. The van der Waals surface area contributed by atoms with Gasteiger partial charge in [-0.3, -0.25) is 14.6 Å². The highest BCUT2D eigenvalue weighted by Crippen LogP contribution is 2.31. The number of benzene rings is 1. The van der Waals surface area contributed by atoms with E-state index in [2.05, 4.69) is 20.2 Å². The molecule has 0 saturated carbocycles. The highest BCUT2D eigenvalue weighted by molar-refractivity contribution is 5.96. The quantitative estimate of drug-likeness (QED) is 0.902. The molecule has 0 spiro atoms. The molecule has 1 aromatic carbocycles. The van der Waals surface area contributed by atoms with E-state index >= 15 is 0 Å². The van der Waals surface area contributed by atoms with Crippen LogP contribution < -0.4 is 15.1 Å². The van der Waals surface area contributed by atoms with Crippen LogP contribution in [0, 0.1) is 5.92 Å². The number of carbonyl (C=O) groups excluding carboxylic acids is 2. The van der Waals surface area contributed by atoms with Crippen LogP contribution in [0.3, 0.4) is 0 Å². The van der Waals surface area contributed by atoms with Gasteiger partial charge in [0.25, 0.3) is 0 Å². The third kappa shape index (κ3) is 3.63. The number of piperidine rings is 1. The van der Waals surface area contributed by atoms with E-state index in [0.29, 0.717) is 6.54 Å². The van der Waals surface area contributed by atoms with Crippen molar-refractivity contribution >= 4 is 29.0 Å². The summed E-state index contributed by atoms with van der Waals surface area (Å²) < 4.78 is 0. The molecule has 2 aromatic rings. The molecule has 1 fully saturated rings. The molecule has 7 heteroatoms. The van der Waals surface area contributed by atoms with E-state index in [4.69, 9.17) is 0 Å². The lowest BCUT2D eigenvalue weighted by Crippen LogP contribution is -2.38. The molecule has 3 heterocycles. The van der Waals surface area contributed by atoms with Gasteiger partial charge in [0.1, 0.15) is 5.82 Å². The third-order valence-electron chi connectivity index (χ3n) is 5.36. The SMILES string of the molecule is CC(=O)N1CCc2cc(NC(=O)C3CCN(c4cnccn4)CC3)ccc21. The van der Waals surface area contributed by atoms with Crippen LogP contribution in [-0.4, -0.2) is 41.4 Å². The zero-order valence-electron chi connectivity index (χ0n) is 15.4. The number of hydrogen-bond acceptors (Lipinski definition) is 5. The highest BCUT2D eigenvalue weighted by atomic mass is 16.2. The lowest BCUT2D eigenvalue weighted by atomic mass is 9.95. The molecular formula is C20H23N5O2. The number of amides is 2. The number of carbonyl (C=O) groups is 2. The topological polar surface area (TPSA) is 78.4 Å². The molecule has 2 aliphatic rings. The average Bonchev–Trinajstić information content (AvgIpc) is 3.12. The molecule has 27 heavy (non-hydrogen) atoms. The average molecular weight is 365 g/mol. The maximum absolute atomic E-state index is 12.7. The number of nitrogens with zero attached hydrogens (tertiary/aromatic N) is 4. The number of anilines is 3. The molecule has 140 valence electrons. The van der Waals surface area contributed by atoms with Crippen molar-refractivity contribution in [3.05, 3.63) is 42.4 Å². The van der Waals surface area contributed by atoms with E-state index in [1.807, 2.05) is 18.2 Å². The maximum atomic E-state index is 12.7. The molecule has 1 saturated heterocycles. The first kappa shape index (κ1) is 17.5. The highest BCUT2D eigenvalue weighted by Gasteiger charge is 2.27. The van der Waals surface area contributed by atoms with Crippen molar-refractivity contribution in [1.82, 2.24) is 9.97 Å². The molecule has 0 aliphatic carbocycles. The van der Waals surface area contributed by atoms with Gasteiger partial charge in [0.05, 0.1) is 6.20 Å². The molecule has 0 radical (unpaired) electrons. The summed E-state index contributed by atoms with van der Waals surface area (Å²) in [6.45, 7) is 3.89. The first-order valence-electron chi connectivity index (χ1n) is 9.34. The first-order chi connectivity index (χ1) is 13.1. The third-order valence-corrected chi connectivity index (χ3v) is 5.36. The molecule has 2 amide bonds. The smallest absolute Gasteiger partial charge is 0.227 e. The summed E-state index contributed by atoms with van der Waals surface area (Å²) in [5, 5.41) is 3.05. The van der Waals surface area contributed by atoms with Crippen LogP contribution in [0.15, 0.2) is 36.8 Å². The Bertz CT molecular complexity index is 847. The predicted octanol–water partition coefficient (Wildman–Crippen LogP) is 2.24. The lowest BCUT2D eigenvalue weighted by molar-refractivity contribution is -0.120. The Labute approximate surface area is 158 Å². The van der Waals surface area contributed by atoms with Crippen LogP contribution in [0.1, 0.15) is 25.3 Å². The van der Waals surface area contributed by atoms with Crippen LogP contribution in [0.2, 0.25) is 0 Å². The summed E-state index contributed by atoms with van der Waals surface area (Å²) >= 11 is 0. The number of aromatic nitrogens is 2. The maximum Gasteiger partial charge on any atom is 0.227 e. The standard InChI is InChI=1S/C20H23N5O2/c1-14(26)25-11-6-16-12-17(2-3-18(16)25)23-20(27)15-4-9-24(10-5-15)19-13-21-7-8-22-19/h2-3,7-8,12-13,15H,4-6,9-11H2,1H3,(H,23,27). The van der Waals surface area contributed by atoms with Gasteiger partial charge in [-0.15, -0.1) is 0 Å². The molecule has 1 aromatic heterocycles. The Hall–Kier alpha value is -2.96. The molecule has 4 rings (SSSR count). The lowest BCUT2D eigenvalue weighted by Gasteiger charge is -2.31. The summed E-state index contributed by atoms with van der Waals surface area (Å²) in [5.41, 5.74) is 2.87. The van der Waals surface area contributed by atoms with Gasteiger partial charge < -0.3 is 15.1 Å². The largest absolute Gasteiger partial charge is 0.355 e. The van der Waals surface area contributed by atoms with Gasteiger partial charge in [0, 0.05) is 56.2 Å². The van der Waals surface area contributed by atoms with Crippen molar-refractivity contribution in [2.75, 3.05) is 34.8 Å². The van der Waals surface area contributed by atoms with Gasteiger partial charge in [-0.25, -0.2) is 4.98 Å². The van der Waals surface area contributed by atoms with E-state index in [9.17, 15) is 9.59 Å². The monoisotopic (exact) mass is 365 g/mol. The minimum absolute atomic E-state index is 0.0000981. The van der Waals surface area contributed by atoms with E-state index in [1.54, 1.807) is 30.4 Å². The Morgan fingerprint density at radius 1 is 1.15 bits per heavy atom. The van der Waals surface area contributed by atoms with Crippen LogP contribution >= 0.6 is 0 Å². The fourth-order valence-corrected chi connectivity index (χ4v) is 3.88. The Morgan fingerprint density at radius 3 is 2.67 bits per heavy atom. The number of hydrogen-bond donors (Lipinski definition) is 1. The van der Waals surface area contributed by atoms with Crippen molar-refractivity contribution < 1.29 is 9.59 Å². The fourth-order valence-electron chi connectivity index (χ4n) is 3.88.